The van der Waals surface area contributed by atoms with Crippen molar-refractivity contribution >= 4 is 22.9 Å². The third-order valence-electron chi connectivity index (χ3n) is 10.5. The van der Waals surface area contributed by atoms with Crippen molar-refractivity contribution in [3.05, 3.63) is 12.7 Å². The molecule has 7 fully saturated rings. The van der Waals surface area contributed by atoms with Crippen LogP contribution in [0.1, 0.15) is 83.8 Å². The van der Waals surface area contributed by atoms with Crippen LogP contribution in [0.2, 0.25) is 0 Å². The molecule has 1 amide bonds. The SMILES string of the molecule is CCNC(=O)[C@H]1O[C@@H](n2cnc3c(NCC45CC6CC(CC(C6)C4)C5)ncnc32)[C@H]2OC3(CCCCC3)OC12. The van der Waals surface area contributed by atoms with Gasteiger partial charge in [0, 0.05) is 25.9 Å². The van der Waals surface area contributed by atoms with Crippen molar-refractivity contribution in [2.45, 2.75) is 108 Å². The molecule has 2 N–H and O–H groups in total. The Labute approximate surface area is 229 Å². The van der Waals surface area contributed by atoms with Crippen LogP contribution in [-0.4, -0.2) is 62.6 Å². The van der Waals surface area contributed by atoms with Gasteiger partial charge in [-0.1, -0.05) is 6.42 Å². The fourth-order valence-corrected chi connectivity index (χ4v) is 9.40. The standard InChI is InChI=1S/C29H40N6O4/c1-2-30-26(36)22-21-23(39-29(38-21)6-4-3-5-7-29)27(37-22)35-16-34-20-24(32-15-33-25(20)35)31-14-28-11-17-8-18(12-28)10-19(9-17)13-28/h15-19,21-23,27H,2-14H2,1H3,(H,30,36)(H,31,32,33)/t17?,18?,19?,21?,22-,23-,27+,28?/m0/s1. The minimum absolute atomic E-state index is 0.163. The van der Waals surface area contributed by atoms with E-state index in [-0.39, 0.29) is 5.91 Å². The number of hydrogen-bond donors (Lipinski definition) is 2. The highest BCUT2D eigenvalue weighted by Crippen LogP contribution is 2.60. The number of carbonyl (C=O) groups is 1. The van der Waals surface area contributed by atoms with Crippen LogP contribution in [0.4, 0.5) is 5.82 Å². The number of amides is 1. The van der Waals surface area contributed by atoms with Crippen molar-refractivity contribution in [1.29, 1.82) is 0 Å². The van der Waals surface area contributed by atoms with Crippen LogP contribution in [0.5, 0.6) is 0 Å². The molecule has 4 bridgehead atoms. The summed E-state index contributed by atoms with van der Waals surface area (Å²) in [7, 11) is 0. The van der Waals surface area contributed by atoms with E-state index in [9.17, 15) is 4.79 Å². The molecule has 7 aliphatic rings. The average Bonchev–Trinajstić information content (AvgIpc) is 3.59. The summed E-state index contributed by atoms with van der Waals surface area (Å²) < 4.78 is 21.5. The summed E-state index contributed by atoms with van der Waals surface area (Å²) >= 11 is 0. The van der Waals surface area contributed by atoms with E-state index >= 15 is 0 Å². The molecule has 2 saturated heterocycles. The Hall–Kier alpha value is -2.30. The molecule has 9 rings (SSSR count). The van der Waals surface area contributed by atoms with E-state index in [1.165, 1.54) is 44.9 Å². The number of nitrogens with one attached hydrogen (secondary N) is 2. The lowest BCUT2D eigenvalue weighted by Crippen LogP contribution is -2.49. The molecule has 4 atom stereocenters. The Balaban J connectivity index is 1.07. The average molecular weight is 537 g/mol. The van der Waals surface area contributed by atoms with Gasteiger partial charge in [-0.2, -0.15) is 0 Å². The summed E-state index contributed by atoms with van der Waals surface area (Å²) in [5, 5.41) is 6.61. The quantitative estimate of drug-likeness (QED) is 0.571. The van der Waals surface area contributed by atoms with Crippen molar-refractivity contribution < 1.29 is 19.0 Å². The van der Waals surface area contributed by atoms with E-state index in [1.807, 2.05) is 11.5 Å². The van der Waals surface area contributed by atoms with Crippen LogP contribution in [0.15, 0.2) is 12.7 Å². The minimum Gasteiger partial charge on any atom is -0.368 e. The molecule has 5 aliphatic carbocycles. The topological polar surface area (TPSA) is 112 Å². The molecule has 5 saturated carbocycles. The molecule has 2 aromatic heterocycles. The van der Waals surface area contributed by atoms with Gasteiger partial charge in [-0.3, -0.25) is 9.36 Å². The van der Waals surface area contributed by atoms with Gasteiger partial charge in [0.25, 0.3) is 5.91 Å². The molecule has 1 spiro atoms. The number of anilines is 1. The van der Waals surface area contributed by atoms with Gasteiger partial charge in [0.15, 0.2) is 35.1 Å². The zero-order valence-electron chi connectivity index (χ0n) is 22.8. The fourth-order valence-electron chi connectivity index (χ4n) is 9.40. The van der Waals surface area contributed by atoms with Gasteiger partial charge in [-0.15, -0.1) is 0 Å². The number of imidazole rings is 1. The Bertz CT molecular complexity index is 1220. The maximum Gasteiger partial charge on any atom is 0.252 e. The molecular weight excluding hydrogens is 496 g/mol. The molecule has 10 nitrogen and oxygen atoms in total. The summed E-state index contributed by atoms with van der Waals surface area (Å²) in [5.41, 5.74) is 1.81. The minimum atomic E-state index is -0.741. The molecule has 210 valence electrons. The van der Waals surface area contributed by atoms with Gasteiger partial charge < -0.3 is 24.8 Å². The molecule has 2 aromatic rings. The summed E-state index contributed by atoms with van der Waals surface area (Å²) in [6, 6.07) is 0. The van der Waals surface area contributed by atoms with Crippen molar-refractivity contribution in [3.63, 3.8) is 0 Å². The number of fused-ring (bicyclic) bond motifs is 2. The third-order valence-corrected chi connectivity index (χ3v) is 10.5. The van der Waals surface area contributed by atoms with E-state index in [0.29, 0.717) is 17.6 Å². The molecule has 39 heavy (non-hydrogen) atoms. The third kappa shape index (κ3) is 4.00. The summed E-state index contributed by atoms with van der Waals surface area (Å²) in [5.74, 6) is 2.72. The zero-order valence-corrected chi connectivity index (χ0v) is 22.8. The van der Waals surface area contributed by atoms with Gasteiger partial charge >= 0.3 is 0 Å². The molecular formula is C29H40N6O4. The molecule has 10 heteroatoms. The van der Waals surface area contributed by atoms with Gasteiger partial charge in [0.2, 0.25) is 0 Å². The zero-order chi connectivity index (χ0) is 26.2. The summed E-state index contributed by atoms with van der Waals surface area (Å²) in [6.45, 7) is 3.39. The number of rotatable bonds is 6. The van der Waals surface area contributed by atoms with Crippen LogP contribution in [-0.2, 0) is 19.0 Å². The normalized spacial score (nSPS) is 39.9. The number of hydrogen-bond acceptors (Lipinski definition) is 8. The molecule has 4 heterocycles. The Morgan fingerprint density at radius 3 is 2.44 bits per heavy atom. The number of ether oxygens (including phenoxy) is 3. The van der Waals surface area contributed by atoms with Crippen molar-refractivity contribution in [1.82, 2.24) is 24.8 Å². The van der Waals surface area contributed by atoms with E-state index in [0.717, 1.165) is 61.3 Å². The van der Waals surface area contributed by atoms with Crippen molar-refractivity contribution in [2.24, 2.45) is 23.2 Å². The Morgan fingerprint density at radius 1 is 1.00 bits per heavy atom. The van der Waals surface area contributed by atoms with Gasteiger partial charge in [-0.25, -0.2) is 15.0 Å². The smallest absolute Gasteiger partial charge is 0.252 e. The van der Waals surface area contributed by atoms with E-state index < -0.39 is 30.3 Å². The van der Waals surface area contributed by atoms with Gasteiger partial charge in [-0.05, 0) is 81.5 Å². The molecule has 1 unspecified atom stereocenters. The highest BCUT2D eigenvalue weighted by molar-refractivity contribution is 5.83. The number of likely N-dealkylation sites (N-methyl/N-ethyl adjacent to an activating group) is 1. The number of carbonyl (C=O) groups excluding carboxylic acids is 1. The first-order chi connectivity index (χ1) is 19.0. The largest absolute Gasteiger partial charge is 0.368 e. The van der Waals surface area contributed by atoms with Crippen LogP contribution < -0.4 is 10.6 Å². The lowest BCUT2D eigenvalue weighted by Gasteiger charge is -2.57. The van der Waals surface area contributed by atoms with Gasteiger partial charge in [0.05, 0.1) is 6.33 Å². The first kappa shape index (κ1) is 24.5. The Morgan fingerprint density at radius 2 is 1.72 bits per heavy atom. The molecule has 0 radical (unpaired) electrons. The Kier molecular flexibility index (Phi) is 5.72. The van der Waals surface area contributed by atoms with Gasteiger partial charge in [0.1, 0.15) is 18.5 Å². The lowest BCUT2D eigenvalue weighted by atomic mass is 9.49. The van der Waals surface area contributed by atoms with Crippen LogP contribution in [0, 0.1) is 23.2 Å². The maximum atomic E-state index is 13.0. The van der Waals surface area contributed by atoms with Crippen LogP contribution in [0.25, 0.3) is 11.2 Å². The second-order valence-electron chi connectivity index (χ2n) is 13.3. The monoisotopic (exact) mass is 536 g/mol. The molecule has 2 aliphatic heterocycles. The number of aromatic nitrogens is 4. The molecule has 0 aromatic carbocycles. The highest BCUT2D eigenvalue weighted by Gasteiger charge is 2.61. The second-order valence-corrected chi connectivity index (χ2v) is 13.3. The maximum absolute atomic E-state index is 13.0. The highest BCUT2D eigenvalue weighted by atomic mass is 16.8. The first-order valence-electron chi connectivity index (χ1n) is 15.2. The van der Waals surface area contributed by atoms with E-state index in [2.05, 4.69) is 20.6 Å². The van der Waals surface area contributed by atoms with Crippen molar-refractivity contribution in [2.75, 3.05) is 18.4 Å². The summed E-state index contributed by atoms with van der Waals surface area (Å²) in [4.78, 5) is 27.0. The van der Waals surface area contributed by atoms with Crippen LogP contribution >= 0.6 is 0 Å². The lowest BCUT2D eigenvalue weighted by molar-refractivity contribution is -0.229. The predicted octanol–water partition coefficient (Wildman–Crippen LogP) is 3.93. The van der Waals surface area contributed by atoms with Crippen molar-refractivity contribution in [3.8, 4) is 0 Å². The number of nitrogens with zero attached hydrogens (tertiary/aromatic N) is 4. The van der Waals surface area contributed by atoms with E-state index in [1.54, 1.807) is 12.7 Å². The summed E-state index contributed by atoms with van der Waals surface area (Å²) in [6.07, 6.45) is 14.5. The fraction of sp³-hybridized carbons (Fsp3) is 0.793. The van der Waals surface area contributed by atoms with E-state index in [4.69, 9.17) is 19.2 Å². The predicted molar refractivity (Wildman–Crippen MR) is 143 cm³/mol. The second kappa shape index (κ2) is 9.11. The van der Waals surface area contributed by atoms with Crippen LogP contribution in [0.3, 0.4) is 0 Å². The first-order valence-corrected chi connectivity index (χ1v) is 15.2.